The minimum absolute atomic E-state index is 0. The third-order valence-electron chi connectivity index (χ3n) is 5.34. The van der Waals surface area contributed by atoms with E-state index in [1.165, 1.54) is 23.3 Å². The van der Waals surface area contributed by atoms with Gasteiger partial charge in [-0.15, -0.1) is 23.7 Å². The van der Waals surface area contributed by atoms with Gasteiger partial charge in [-0.3, -0.25) is 4.79 Å². The number of aryl methyl sites for hydroxylation is 1. The normalized spacial score (nSPS) is 19.6. The molecule has 0 bridgehead atoms. The van der Waals surface area contributed by atoms with E-state index in [2.05, 4.69) is 5.32 Å². The molecule has 1 amide bonds. The van der Waals surface area contributed by atoms with Crippen molar-refractivity contribution in [3.05, 3.63) is 56.8 Å². The lowest BCUT2D eigenvalue weighted by atomic mass is 9.89. The summed E-state index contributed by atoms with van der Waals surface area (Å²) in [4.78, 5) is 15.3. The molecule has 1 aromatic heterocycles. The summed E-state index contributed by atoms with van der Waals surface area (Å²) in [7, 11) is 1.43. The molecular formula is C20H21ClF6N2OS. The second-order valence-corrected chi connectivity index (χ2v) is 8.29. The van der Waals surface area contributed by atoms with Crippen molar-refractivity contribution in [2.75, 3.05) is 20.1 Å². The number of carbonyl (C=O) groups is 1. The van der Waals surface area contributed by atoms with Gasteiger partial charge >= 0.3 is 12.4 Å². The summed E-state index contributed by atoms with van der Waals surface area (Å²) < 4.78 is 78.9. The van der Waals surface area contributed by atoms with Gasteiger partial charge in [0.15, 0.2) is 0 Å². The third kappa shape index (κ3) is 5.53. The van der Waals surface area contributed by atoms with Crippen LogP contribution < -0.4 is 5.32 Å². The van der Waals surface area contributed by atoms with Crippen LogP contribution in [0.4, 0.5) is 26.3 Å². The fourth-order valence-corrected chi connectivity index (χ4v) is 4.86. The van der Waals surface area contributed by atoms with Gasteiger partial charge in [0.25, 0.3) is 5.91 Å². The van der Waals surface area contributed by atoms with Crippen LogP contribution >= 0.6 is 23.7 Å². The van der Waals surface area contributed by atoms with Crippen LogP contribution in [0.1, 0.15) is 44.3 Å². The van der Waals surface area contributed by atoms with Crippen molar-refractivity contribution >= 4 is 29.7 Å². The van der Waals surface area contributed by atoms with Gasteiger partial charge in [0, 0.05) is 36.0 Å². The van der Waals surface area contributed by atoms with Crippen LogP contribution in [-0.2, 0) is 12.4 Å². The topological polar surface area (TPSA) is 32.3 Å². The van der Waals surface area contributed by atoms with Gasteiger partial charge in [0.2, 0.25) is 0 Å². The summed E-state index contributed by atoms with van der Waals surface area (Å²) in [6, 6.07) is 2.59. The SMILES string of the molecule is Cc1ccsc1C1CNCCC1N(C)C(=O)c1cc(C(F)(F)F)cc(C(F)(F)F)c1.Cl. The number of alkyl halides is 6. The predicted octanol–water partition coefficient (Wildman–Crippen LogP) is 5.73. The summed E-state index contributed by atoms with van der Waals surface area (Å²) >= 11 is 1.52. The fourth-order valence-electron chi connectivity index (χ4n) is 3.77. The van der Waals surface area contributed by atoms with Gasteiger partial charge in [-0.25, -0.2) is 0 Å². The van der Waals surface area contributed by atoms with Crippen LogP contribution in [0.5, 0.6) is 0 Å². The van der Waals surface area contributed by atoms with E-state index < -0.39 is 35.0 Å². The molecule has 11 heteroatoms. The Bertz CT molecular complexity index is 895. The average Bonchev–Trinajstić information content (AvgIpc) is 3.11. The fraction of sp³-hybridized carbons (Fsp3) is 0.450. The van der Waals surface area contributed by atoms with Crippen molar-refractivity contribution in [1.29, 1.82) is 0 Å². The highest BCUT2D eigenvalue weighted by molar-refractivity contribution is 7.10. The van der Waals surface area contributed by atoms with E-state index in [0.29, 0.717) is 31.6 Å². The third-order valence-corrected chi connectivity index (χ3v) is 6.49. The van der Waals surface area contributed by atoms with E-state index in [1.54, 1.807) is 0 Å². The highest BCUT2D eigenvalue weighted by atomic mass is 35.5. The number of hydrogen-bond acceptors (Lipinski definition) is 3. The Labute approximate surface area is 185 Å². The van der Waals surface area contributed by atoms with Gasteiger partial charge in [0.05, 0.1) is 11.1 Å². The molecule has 0 radical (unpaired) electrons. The molecule has 172 valence electrons. The molecule has 31 heavy (non-hydrogen) atoms. The van der Waals surface area contributed by atoms with Gasteiger partial charge in [-0.1, -0.05) is 0 Å². The maximum atomic E-state index is 13.1. The van der Waals surface area contributed by atoms with Crippen molar-refractivity contribution in [1.82, 2.24) is 10.2 Å². The number of nitrogens with zero attached hydrogens (tertiary/aromatic N) is 1. The van der Waals surface area contributed by atoms with E-state index in [-0.39, 0.29) is 30.4 Å². The molecule has 2 heterocycles. The van der Waals surface area contributed by atoms with Crippen LogP contribution in [-0.4, -0.2) is 37.0 Å². The zero-order valence-electron chi connectivity index (χ0n) is 16.6. The summed E-state index contributed by atoms with van der Waals surface area (Å²) in [6.45, 7) is 3.10. The van der Waals surface area contributed by atoms with Crippen LogP contribution in [0, 0.1) is 6.92 Å². The highest BCUT2D eigenvalue weighted by Crippen LogP contribution is 2.38. The number of rotatable bonds is 3. The molecule has 1 aliphatic rings. The molecular weight excluding hydrogens is 466 g/mol. The molecule has 1 N–H and O–H groups in total. The number of amides is 1. The van der Waals surface area contributed by atoms with Crippen LogP contribution in [0.15, 0.2) is 29.6 Å². The largest absolute Gasteiger partial charge is 0.416 e. The minimum atomic E-state index is -5.00. The maximum Gasteiger partial charge on any atom is 0.416 e. The van der Waals surface area contributed by atoms with E-state index in [4.69, 9.17) is 0 Å². The van der Waals surface area contributed by atoms with Gasteiger partial charge in [-0.2, -0.15) is 26.3 Å². The first kappa shape index (κ1) is 25.5. The number of nitrogens with one attached hydrogen (secondary N) is 1. The average molecular weight is 487 g/mol. The first-order valence-corrected chi connectivity index (χ1v) is 10.1. The van der Waals surface area contributed by atoms with E-state index in [9.17, 15) is 31.1 Å². The van der Waals surface area contributed by atoms with E-state index in [1.807, 2.05) is 18.4 Å². The lowest BCUT2D eigenvalue weighted by Gasteiger charge is -2.38. The smallest absolute Gasteiger partial charge is 0.338 e. The summed E-state index contributed by atoms with van der Waals surface area (Å²) in [5, 5.41) is 5.16. The van der Waals surface area contributed by atoms with Crippen LogP contribution in [0.25, 0.3) is 0 Å². The van der Waals surface area contributed by atoms with E-state index >= 15 is 0 Å². The van der Waals surface area contributed by atoms with Crippen molar-refractivity contribution in [2.45, 2.75) is 37.7 Å². The van der Waals surface area contributed by atoms with Gasteiger partial charge < -0.3 is 10.2 Å². The standard InChI is InChI=1S/C20H20F6N2OS.ClH/c1-11-4-6-30-17(11)15-10-27-5-3-16(15)28(2)18(29)12-7-13(19(21,22)23)9-14(8-12)20(24,25)26;/h4,6-9,15-16,27H,3,5,10H2,1-2H3;1H. The van der Waals surface area contributed by atoms with Gasteiger partial charge in [0.1, 0.15) is 0 Å². The molecule has 0 saturated carbocycles. The zero-order chi connectivity index (χ0) is 22.3. The zero-order valence-corrected chi connectivity index (χ0v) is 18.2. The maximum absolute atomic E-state index is 13.1. The number of likely N-dealkylation sites (N-methyl/N-ethyl adjacent to an activating group) is 1. The molecule has 3 rings (SSSR count). The Balaban J connectivity index is 0.00000341. The Morgan fingerprint density at radius 1 is 1.10 bits per heavy atom. The number of thiophene rings is 1. The van der Waals surface area contributed by atoms with Crippen molar-refractivity contribution in [2.24, 2.45) is 0 Å². The lowest BCUT2D eigenvalue weighted by molar-refractivity contribution is -0.143. The Morgan fingerprint density at radius 3 is 2.16 bits per heavy atom. The molecule has 2 aromatic rings. The predicted molar refractivity (Wildman–Crippen MR) is 109 cm³/mol. The molecule has 2 unspecified atom stereocenters. The van der Waals surface area contributed by atoms with Gasteiger partial charge in [-0.05, 0) is 55.1 Å². The molecule has 3 nitrogen and oxygen atoms in total. The number of halogens is 7. The number of piperidine rings is 1. The Hall–Kier alpha value is -1.78. The molecule has 0 aliphatic carbocycles. The summed E-state index contributed by atoms with van der Waals surface area (Å²) in [6.07, 6.45) is -9.46. The quantitative estimate of drug-likeness (QED) is 0.562. The number of carbonyl (C=O) groups excluding carboxylic acids is 1. The monoisotopic (exact) mass is 486 g/mol. The lowest BCUT2D eigenvalue weighted by Crippen LogP contribution is -2.49. The Morgan fingerprint density at radius 2 is 1.68 bits per heavy atom. The van der Waals surface area contributed by atoms with Crippen LogP contribution in [0.2, 0.25) is 0 Å². The highest BCUT2D eigenvalue weighted by Gasteiger charge is 2.39. The van der Waals surface area contributed by atoms with Crippen molar-refractivity contribution < 1.29 is 31.1 Å². The number of hydrogen-bond donors (Lipinski definition) is 1. The molecule has 2 atom stereocenters. The summed E-state index contributed by atoms with van der Waals surface area (Å²) in [5.41, 5.74) is -2.58. The van der Waals surface area contributed by atoms with Crippen molar-refractivity contribution in [3.8, 4) is 0 Å². The second-order valence-electron chi connectivity index (χ2n) is 7.35. The van der Waals surface area contributed by atoms with E-state index in [0.717, 1.165) is 10.4 Å². The Kier molecular flexibility index (Phi) is 7.71. The summed E-state index contributed by atoms with van der Waals surface area (Å²) in [5.74, 6) is -0.960. The first-order chi connectivity index (χ1) is 13.9. The first-order valence-electron chi connectivity index (χ1n) is 9.21. The molecule has 1 aromatic carbocycles. The second kappa shape index (κ2) is 9.38. The molecule has 1 aliphatic heterocycles. The minimum Gasteiger partial charge on any atom is -0.338 e. The number of benzene rings is 1. The molecule has 1 fully saturated rings. The molecule has 0 spiro atoms. The van der Waals surface area contributed by atoms with Crippen LogP contribution in [0.3, 0.4) is 0 Å². The van der Waals surface area contributed by atoms with Crippen molar-refractivity contribution in [3.63, 3.8) is 0 Å². The molecule has 1 saturated heterocycles.